The molecule has 164 valence electrons. The molecular formula is C22H28N6O3. The van der Waals surface area contributed by atoms with Gasteiger partial charge in [-0.1, -0.05) is 6.08 Å². The Morgan fingerprint density at radius 3 is 2.94 bits per heavy atom. The standard InChI is InChI=1S/C22H28N6O3/c1-23-8-3-4-20(29)27-13-17(14-27)28(12-15-5-6-15)19-10-16(11-25-21(19)30)18-7-9-24-22(26-18)31-2/h3-4,7,9-11,15,17,23H,5-6,8,12-14H2,1-2H3,(H,25,30). The van der Waals surface area contributed by atoms with Crippen LogP contribution in [0.25, 0.3) is 11.3 Å². The Balaban J connectivity index is 1.54. The van der Waals surface area contributed by atoms with Gasteiger partial charge in [0, 0.05) is 50.2 Å². The van der Waals surface area contributed by atoms with Crippen LogP contribution in [0.1, 0.15) is 12.8 Å². The van der Waals surface area contributed by atoms with Crippen molar-refractivity contribution in [2.75, 3.05) is 45.2 Å². The van der Waals surface area contributed by atoms with Crippen LogP contribution < -0.4 is 20.5 Å². The first kappa shape index (κ1) is 21.0. The molecule has 0 aromatic carbocycles. The Morgan fingerprint density at radius 1 is 1.42 bits per heavy atom. The monoisotopic (exact) mass is 424 g/mol. The lowest BCUT2D eigenvalue weighted by Gasteiger charge is -2.46. The van der Waals surface area contributed by atoms with Gasteiger partial charge in [-0.2, -0.15) is 4.98 Å². The van der Waals surface area contributed by atoms with Crippen molar-refractivity contribution in [3.8, 4) is 17.3 Å². The molecule has 0 unspecified atom stereocenters. The highest BCUT2D eigenvalue weighted by molar-refractivity contribution is 5.88. The summed E-state index contributed by atoms with van der Waals surface area (Å²) >= 11 is 0. The minimum Gasteiger partial charge on any atom is -0.467 e. The zero-order chi connectivity index (χ0) is 21.8. The summed E-state index contributed by atoms with van der Waals surface area (Å²) in [7, 11) is 3.36. The van der Waals surface area contributed by atoms with Crippen molar-refractivity contribution in [1.82, 2.24) is 25.2 Å². The van der Waals surface area contributed by atoms with Crippen molar-refractivity contribution < 1.29 is 9.53 Å². The summed E-state index contributed by atoms with van der Waals surface area (Å²) in [6, 6.07) is 4.06. The summed E-state index contributed by atoms with van der Waals surface area (Å²) in [6.07, 6.45) is 9.07. The largest absolute Gasteiger partial charge is 0.467 e. The lowest BCUT2D eigenvalue weighted by atomic mass is 10.0. The number of hydrogen-bond acceptors (Lipinski definition) is 7. The first-order valence-corrected chi connectivity index (χ1v) is 10.6. The zero-order valence-electron chi connectivity index (χ0n) is 17.9. The summed E-state index contributed by atoms with van der Waals surface area (Å²) < 4.78 is 5.12. The predicted octanol–water partition coefficient (Wildman–Crippen LogP) is 1.04. The zero-order valence-corrected chi connectivity index (χ0v) is 17.9. The van der Waals surface area contributed by atoms with E-state index >= 15 is 0 Å². The number of aromatic nitrogens is 3. The van der Waals surface area contributed by atoms with Gasteiger partial charge in [-0.25, -0.2) is 4.98 Å². The number of rotatable bonds is 9. The number of aromatic amines is 1. The van der Waals surface area contributed by atoms with E-state index in [1.54, 1.807) is 24.5 Å². The molecule has 0 atom stereocenters. The first-order valence-electron chi connectivity index (χ1n) is 10.6. The molecule has 1 saturated heterocycles. The van der Waals surface area contributed by atoms with E-state index in [-0.39, 0.29) is 23.5 Å². The molecule has 9 nitrogen and oxygen atoms in total. The molecule has 1 aliphatic carbocycles. The minimum atomic E-state index is -0.135. The fraction of sp³-hybridized carbons (Fsp3) is 0.455. The van der Waals surface area contributed by atoms with Crippen LogP contribution >= 0.6 is 0 Å². The van der Waals surface area contributed by atoms with E-state index in [1.807, 2.05) is 24.1 Å². The molecule has 2 aromatic rings. The summed E-state index contributed by atoms with van der Waals surface area (Å²) in [6.45, 7) is 2.70. The van der Waals surface area contributed by atoms with Crippen LogP contribution in [0.5, 0.6) is 6.01 Å². The number of nitrogens with one attached hydrogen (secondary N) is 2. The number of nitrogens with zero attached hydrogens (tertiary/aromatic N) is 4. The SMILES string of the molecule is CNCC=CC(=O)N1CC(N(CC2CC2)c2cc(-c3ccnc(OC)n3)c[nH]c2=O)C1. The fourth-order valence-electron chi connectivity index (χ4n) is 3.67. The van der Waals surface area contributed by atoms with Gasteiger partial charge in [0.2, 0.25) is 5.91 Å². The molecular weight excluding hydrogens is 396 g/mol. The van der Waals surface area contributed by atoms with Crippen LogP contribution in [0.15, 0.2) is 41.5 Å². The van der Waals surface area contributed by atoms with Crippen LogP contribution in [0.4, 0.5) is 5.69 Å². The van der Waals surface area contributed by atoms with Gasteiger partial charge in [-0.05, 0) is 37.9 Å². The number of carbonyl (C=O) groups is 1. The molecule has 0 bridgehead atoms. The maximum atomic E-state index is 12.8. The molecule has 1 aliphatic heterocycles. The summed E-state index contributed by atoms with van der Waals surface area (Å²) in [5, 5.41) is 2.99. The van der Waals surface area contributed by atoms with Crippen molar-refractivity contribution in [3.63, 3.8) is 0 Å². The van der Waals surface area contributed by atoms with Crippen molar-refractivity contribution in [2.45, 2.75) is 18.9 Å². The second kappa shape index (κ2) is 9.30. The van der Waals surface area contributed by atoms with Crippen LogP contribution in [-0.4, -0.2) is 72.1 Å². The molecule has 3 heterocycles. The number of methoxy groups -OCH3 is 1. The molecule has 2 aliphatic rings. The maximum Gasteiger partial charge on any atom is 0.316 e. The number of ether oxygens (including phenoxy) is 1. The van der Waals surface area contributed by atoms with E-state index in [0.29, 0.717) is 36.9 Å². The van der Waals surface area contributed by atoms with Gasteiger partial charge >= 0.3 is 6.01 Å². The van der Waals surface area contributed by atoms with E-state index in [2.05, 4.69) is 25.2 Å². The first-order chi connectivity index (χ1) is 15.1. The lowest BCUT2D eigenvalue weighted by Crippen LogP contribution is -2.62. The lowest BCUT2D eigenvalue weighted by molar-refractivity contribution is -0.130. The van der Waals surface area contributed by atoms with Crippen molar-refractivity contribution in [3.05, 3.63) is 47.0 Å². The average Bonchev–Trinajstić information content (AvgIpc) is 3.57. The molecule has 9 heteroatoms. The van der Waals surface area contributed by atoms with Crippen LogP contribution in [0.2, 0.25) is 0 Å². The number of amides is 1. The predicted molar refractivity (Wildman–Crippen MR) is 118 cm³/mol. The normalized spacial score (nSPS) is 16.4. The van der Waals surface area contributed by atoms with Gasteiger partial charge in [0.25, 0.3) is 5.56 Å². The number of H-pyrrole nitrogens is 1. The third kappa shape index (κ3) is 4.93. The molecule has 1 amide bonds. The summed E-state index contributed by atoms with van der Waals surface area (Å²) in [5.74, 6) is 0.607. The van der Waals surface area contributed by atoms with E-state index in [0.717, 1.165) is 12.1 Å². The third-order valence-electron chi connectivity index (χ3n) is 5.65. The molecule has 0 spiro atoms. The molecule has 1 saturated carbocycles. The van der Waals surface area contributed by atoms with Crippen molar-refractivity contribution in [1.29, 1.82) is 0 Å². The molecule has 2 fully saturated rings. The Kier molecular flexibility index (Phi) is 6.31. The topological polar surface area (TPSA) is 103 Å². The van der Waals surface area contributed by atoms with E-state index in [1.165, 1.54) is 20.0 Å². The molecule has 31 heavy (non-hydrogen) atoms. The van der Waals surface area contributed by atoms with Gasteiger partial charge in [0.1, 0.15) is 5.69 Å². The van der Waals surface area contributed by atoms with Crippen LogP contribution in [-0.2, 0) is 4.79 Å². The molecule has 0 radical (unpaired) electrons. The highest BCUT2D eigenvalue weighted by Gasteiger charge is 2.37. The number of likely N-dealkylation sites (tertiary alicyclic amines) is 1. The van der Waals surface area contributed by atoms with Crippen LogP contribution in [0.3, 0.4) is 0 Å². The Bertz CT molecular complexity index is 1010. The fourth-order valence-corrected chi connectivity index (χ4v) is 3.67. The Labute approximate surface area is 181 Å². The quantitative estimate of drug-likeness (QED) is 0.580. The van der Waals surface area contributed by atoms with E-state index in [9.17, 15) is 9.59 Å². The highest BCUT2D eigenvalue weighted by atomic mass is 16.5. The minimum absolute atomic E-state index is 0.00797. The average molecular weight is 425 g/mol. The van der Waals surface area contributed by atoms with Gasteiger partial charge < -0.3 is 24.8 Å². The molecule has 4 rings (SSSR count). The van der Waals surface area contributed by atoms with Gasteiger partial charge in [-0.15, -0.1) is 0 Å². The van der Waals surface area contributed by atoms with Crippen molar-refractivity contribution >= 4 is 11.6 Å². The number of hydrogen-bond donors (Lipinski definition) is 2. The van der Waals surface area contributed by atoms with Crippen molar-refractivity contribution in [2.24, 2.45) is 5.92 Å². The highest BCUT2D eigenvalue weighted by Crippen LogP contribution is 2.33. The maximum absolute atomic E-state index is 12.8. The number of pyridine rings is 1. The van der Waals surface area contributed by atoms with Gasteiger partial charge in [-0.3, -0.25) is 9.59 Å². The summed E-state index contributed by atoms with van der Waals surface area (Å²) in [5.41, 5.74) is 1.95. The second-order valence-electron chi connectivity index (χ2n) is 7.98. The van der Waals surface area contributed by atoms with E-state index < -0.39 is 0 Å². The summed E-state index contributed by atoms with van der Waals surface area (Å²) in [4.78, 5) is 40.3. The Morgan fingerprint density at radius 2 is 2.23 bits per heavy atom. The number of carbonyl (C=O) groups excluding carboxylic acids is 1. The van der Waals surface area contributed by atoms with Gasteiger partial charge in [0.15, 0.2) is 0 Å². The number of likely N-dealkylation sites (N-methyl/N-ethyl adjacent to an activating group) is 1. The van der Waals surface area contributed by atoms with E-state index in [4.69, 9.17) is 4.74 Å². The van der Waals surface area contributed by atoms with Crippen LogP contribution in [0, 0.1) is 5.92 Å². The smallest absolute Gasteiger partial charge is 0.316 e. The second-order valence-corrected chi connectivity index (χ2v) is 7.98. The molecule has 2 N–H and O–H groups in total. The number of anilines is 1. The third-order valence-corrected chi connectivity index (χ3v) is 5.65. The Hall–Kier alpha value is -3.20. The van der Waals surface area contributed by atoms with Gasteiger partial charge in [0.05, 0.1) is 18.8 Å². The molecule has 2 aromatic heterocycles.